The van der Waals surface area contributed by atoms with E-state index in [9.17, 15) is 5.11 Å². The number of hydrogen-bond acceptors (Lipinski definition) is 5. The van der Waals surface area contributed by atoms with E-state index in [1.54, 1.807) is 10.9 Å². The van der Waals surface area contributed by atoms with Crippen LogP contribution in [0.5, 0.6) is 0 Å². The number of aliphatic hydroxyl groups is 1. The van der Waals surface area contributed by atoms with Gasteiger partial charge in [0.2, 0.25) is 5.13 Å². The Hall–Kier alpha value is -2.05. The molecule has 20 heavy (non-hydrogen) atoms. The van der Waals surface area contributed by atoms with Gasteiger partial charge in [0.05, 0.1) is 6.61 Å². The second-order valence-electron chi connectivity index (χ2n) is 4.57. The molecule has 0 aliphatic heterocycles. The van der Waals surface area contributed by atoms with Gasteiger partial charge in [-0.1, -0.05) is 17.3 Å². The van der Waals surface area contributed by atoms with Gasteiger partial charge in [0.25, 0.3) is 0 Å². The van der Waals surface area contributed by atoms with E-state index in [0.29, 0.717) is 5.69 Å². The quantitative estimate of drug-likeness (QED) is 0.803. The minimum atomic E-state index is -0.145. The Morgan fingerprint density at radius 1 is 1.25 bits per heavy atom. The van der Waals surface area contributed by atoms with E-state index in [2.05, 4.69) is 41.3 Å². The lowest BCUT2D eigenvalue weighted by Crippen LogP contribution is -2.00. The molecule has 0 saturated heterocycles. The summed E-state index contributed by atoms with van der Waals surface area (Å²) in [5, 5.41) is 20.3. The van der Waals surface area contributed by atoms with Gasteiger partial charge in [-0.3, -0.25) is 0 Å². The van der Waals surface area contributed by atoms with Crippen LogP contribution < -0.4 is 0 Å². The van der Waals surface area contributed by atoms with Crippen molar-refractivity contribution in [1.82, 2.24) is 20.0 Å². The van der Waals surface area contributed by atoms with Gasteiger partial charge in [-0.05, 0) is 31.0 Å². The van der Waals surface area contributed by atoms with Crippen molar-refractivity contribution in [2.45, 2.75) is 20.5 Å². The van der Waals surface area contributed by atoms with Gasteiger partial charge in [-0.15, -0.1) is 16.4 Å². The fraction of sp³-hybridized carbons (Fsp3) is 0.214. The van der Waals surface area contributed by atoms with E-state index in [1.165, 1.54) is 22.5 Å². The van der Waals surface area contributed by atoms with E-state index in [-0.39, 0.29) is 6.61 Å². The molecule has 0 aliphatic rings. The Bertz CT molecular complexity index is 734. The molecule has 0 atom stereocenters. The Morgan fingerprint density at radius 2 is 2.10 bits per heavy atom. The first-order valence-electron chi connectivity index (χ1n) is 6.23. The van der Waals surface area contributed by atoms with Gasteiger partial charge in [0.1, 0.15) is 11.4 Å². The zero-order valence-electron chi connectivity index (χ0n) is 11.2. The molecule has 6 heteroatoms. The van der Waals surface area contributed by atoms with Crippen molar-refractivity contribution in [2.75, 3.05) is 0 Å². The number of rotatable bonds is 3. The molecule has 1 aromatic carbocycles. The summed E-state index contributed by atoms with van der Waals surface area (Å²) in [5.74, 6) is 0. The molecule has 0 aliphatic carbocycles. The van der Waals surface area contributed by atoms with Crippen LogP contribution in [-0.4, -0.2) is 25.1 Å². The minimum absolute atomic E-state index is 0.145. The molecule has 0 bridgehead atoms. The number of aliphatic hydroxyl groups excluding tert-OH is 1. The van der Waals surface area contributed by atoms with Crippen molar-refractivity contribution < 1.29 is 5.11 Å². The molecule has 3 rings (SSSR count). The number of nitrogens with zero attached hydrogens (tertiary/aromatic N) is 4. The summed E-state index contributed by atoms with van der Waals surface area (Å²) < 4.78 is 1.68. The molecule has 0 radical (unpaired) electrons. The Balaban J connectivity index is 2.21. The van der Waals surface area contributed by atoms with Crippen molar-refractivity contribution >= 4 is 11.3 Å². The van der Waals surface area contributed by atoms with E-state index in [1.807, 2.05) is 11.4 Å². The van der Waals surface area contributed by atoms with Crippen LogP contribution >= 0.6 is 11.3 Å². The van der Waals surface area contributed by atoms with Crippen molar-refractivity contribution in [1.29, 1.82) is 0 Å². The standard InChI is InChI=1S/C14H14N4OS/c1-9-3-4-11(7-10(9)2)13-12(8-19)16-17-18(13)14-15-5-6-20-14/h3-7,19H,8H2,1-2H3. The van der Waals surface area contributed by atoms with Gasteiger partial charge in [0.15, 0.2) is 0 Å². The number of benzene rings is 1. The van der Waals surface area contributed by atoms with Gasteiger partial charge in [-0.2, -0.15) is 4.68 Å². The zero-order chi connectivity index (χ0) is 14.1. The summed E-state index contributed by atoms with van der Waals surface area (Å²) in [6.07, 6.45) is 1.73. The van der Waals surface area contributed by atoms with Crippen LogP contribution in [0.25, 0.3) is 16.4 Å². The number of aromatic nitrogens is 4. The molecule has 102 valence electrons. The molecule has 0 saturated carbocycles. The molecular formula is C14H14N4OS. The van der Waals surface area contributed by atoms with Crippen LogP contribution in [0, 0.1) is 13.8 Å². The predicted octanol–water partition coefficient (Wildman–Crippen LogP) is 2.50. The van der Waals surface area contributed by atoms with Crippen LogP contribution in [0.1, 0.15) is 16.8 Å². The van der Waals surface area contributed by atoms with Crippen molar-refractivity contribution in [3.8, 4) is 16.4 Å². The molecule has 0 amide bonds. The topological polar surface area (TPSA) is 63.8 Å². The lowest BCUT2D eigenvalue weighted by Gasteiger charge is -2.07. The maximum Gasteiger partial charge on any atom is 0.212 e. The smallest absolute Gasteiger partial charge is 0.212 e. The Kier molecular flexibility index (Phi) is 3.33. The number of aryl methyl sites for hydroxylation is 2. The molecule has 1 N–H and O–H groups in total. The average Bonchev–Trinajstić information content (AvgIpc) is 3.09. The molecular weight excluding hydrogens is 272 g/mol. The molecule has 0 unspecified atom stereocenters. The molecule has 5 nitrogen and oxygen atoms in total. The number of hydrogen-bond donors (Lipinski definition) is 1. The van der Waals surface area contributed by atoms with Gasteiger partial charge in [0, 0.05) is 17.1 Å². The maximum absolute atomic E-state index is 9.48. The predicted molar refractivity (Wildman–Crippen MR) is 77.9 cm³/mol. The first-order chi connectivity index (χ1) is 9.70. The third-order valence-electron chi connectivity index (χ3n) is 3.27. The summed E-state index contributed by atoms with van der Waals surface area (Å²) in [4.78, 5) is 4.26. The fourth-order valence-corrected chi connectivity index (χ4v) is 2.64. The highest BCUT2D eigenvalue weighted by atomic mass is 32.1. The monoisotopic (exact) mass is 286 g/mol. The van der Waals surface area contributed by atoms with Gasteiger partial charge < -0.3 is 5.11 Å². The van der Waals surface area contributed by atoms with Crippen LogP contribution in [-0.2, 0) is 6.61 Å². The fourth-order valence-electron chi connectivity index (χ4n) is 2.05. The summed E-state index contributed by atoms with van der Waals surface area (Å²) in [6, 6.07) is 6.16. The first-order valence-corrected chi connectivity index (χ1v) is 7.11. The van der Waals surface area contributed by atoms with Gasteiger partial charge in [-0.25, -0.2) is 4.98 Å². The highest BCUT2D eigenvalue weighted by Gasteiger charge is 2.17. The summed E-state index contributed by atoms with van der Waals surface area (Å²) in [6.45, 7) is 3.99. The second kappa shape index (κ2) is 5.15. The van der Waals surface area contributed by atoms with E-state index in [0.717, 1.165) is 16.4 Å². The third-order valence-corrected chi connectivity index (χ3v) is 4.02. The third kappa shape index (κ3) is 2.13. The molecule has 2 aromatic heterocycles. The van der Waals surface area contributed by atoms with Crippen LogP contribution in [0.3, 0.4) is 0 Å². The normalized spacial score (nSPS) is 10.9. The highest BCUT2D eigenvalue weighted by molar-refractivity contribution is 7.12. The molecule has 0 fully saturated rings. The van der Waals surface area contributed by atoms with Gasteiger partial charge >= 0.3 is 0 Å². The molecule has 3 aromatic rings. The SMILES string of the molecule is Cc1ccc(-c2c(CO)nnn2-c2nccs2)cc1C. The van der Waals surface area contributed by atoms with E-state index >= 15 is 0 Å². The Labute approximate surface area is 120 Å². The zero-order valence-corrected chi connectivity index (χ0v) is 12.1. The van der Waals surface area contributed by atoms with Crippen molar-refractivity contribution in [3.05, 3.63) is 46.6 Å². The summed E-state index contributed by atoms with van der Waals surface area (Å²) in [5.41, 5.74) is 4.76. The largest absolute Gasteiger partial charge is 0.390 e. The van der Waals surface area contributed by atoms with E-state index < -0.39 is 0 Å². The minimum Gasteiger partial charge on any atom is -0.390 e. The highest BCUT2D eigenvalue weighted by Crippen LogP contribution is 2.27. The number of thiazole rings is 1. The molecule has 2 heterocycles. The average molecular weight is 286 g/mol. The van der Waals surface area contributed by atoms with Crippen molar-refractivity contribution in [3.63, 3.8) is 0 Å². The summed E-state index contributed by atoms with van der Waals surface area (Å²) in [7, 11) is 0. The maximum atomic E-state index is 9.48. The summed E-state index contributed by atoms with van der Waals surface area (Å²) >= 11 is 1.48. The molecule has 0 spiro atoms. The van der Waals surface area contributed by atoms with Crippen molar-refractivity contribution in [2.24, 2.45) is 0 Å². The Morgan fingerprint density at radius 3 is 2.75 bits per heavy atom. The van der Waals surface area contributed by atoms with Crippen LogP contribution in [0.4, 0.5) is 0 Å². The van der Waals surface area contributed by atoms with Crippen LogP contribution in [0.15, 0.2) is 29.8 Å². The second-order valence-corrected chi connectivity index (χ2v) is 5.44. The lowest BCUT2D eigenvalue weighted by molar-refractivity contribution is 0.277. The van der Waals surface area contributed by atoms with Crippen LogP contribution in [0.2, 0.25) is 0 Å². The lowest BCUT2D eigenvalue weighted by atomic mass is 10.0. The van der Waals surface area contributed by atoms with E-state index in [4.69, 9.17) is 0 Å². The first kappa shape index (κ1) is 13.0.